The SMILES string of the molecule is COc1cc2c(cc1-c1ccn(C)n1)-c1c(c(C(=O)N3CCNCC34CC4c3cc(-c4cc5c(cc4OC)OCc4c(C(=O)N[C@H]6CC[C@@H](O)C6)nn(-c6ccsc6)c4-5)nn3C)nn1-c1ccsc1)CO2. The number of carbonyl (C=O) groups excluding carboxylic acids is 2. The highest BCUT2D eigenvalue weighted by molar-refractivity contribution is 7.08. The predicted octanol–water partition coefficient (Wildman–Crippen LogP) is 6.73. The molecule has 5 aliphatic rings. The Morgan fingerprint density at radius 3 is 2.04 bits per heavy atom. The van der Waals surface area contributed by atoms with Crippen molar-refractivity contribution in [2.45, 2.75) is 62.5 Å². The second kappa shape index (κ2) is 16.7. The maximum atomic E-state index is 15.3. The van der Waals surface area contributed by atoms with Crippen LogP contribution in [0.25, 0.3) is 56.4 Å². The maximum Gasteiger partial charge on any atom is 0.275 e. The highest BCUT2D eigenvalue weighted by atomic mass is 32.1. The van der Waals surface area contributed by atoms with Gasteiger partial charge in [-0.15, -0.1) is 0 Å². The second-order valence-electron chi connectivity index (χ2n) is 18.9. The van der Waals surface area contributed by atoms with Gasteiger partial charge in [-0.1, -0.05) is 0 Å². The summed E-state index contributed by atoms with van der Waals surface area (Å²) in [7, 11) is 7.10. The minimum atomic E-state index is -0.532. The van der Waals surface area contributed by atoms with E-state index in [2.05, 4.69) is 21.8 Å². The first-order valence-corrected chi connectivity index (χ1v) is 25.5. The van der Waals surface area contributed by atoms with Crippen molar-refractivity contribution in [3.05, 3.63) is 104 Å². The highest BCUT2D eigenvalue weighted by Gasteiger charge is 2.62. The molecule has 1 saturated heterocycles. The van der Waals surface area contributed by atoms with Gasteiger partial charge in [-0.3, -0.25) is 19.0 Å². The van der Waals surface area contributed by atoms with Crippen LogP contribution >= 0.6 is 22.7 Å². The third kappa shape index (κ3) is 7.01. The number of ether oxygens (including phenoxy) is 4. The molecule has 18 nitrogen and oxygen atoms in total. The van der Waals surface area contributed by atoms with Crippen molar-refractivity contribution >= 4 is 34.5 Å². The van der Waals surface area contributed by atoms with Crippen molar-refractivity contribution in [1.29, 1.82) is 0 Å². The molecule has 3 N–H and O–H groups in total. The number of aromatic nitrogens is 8. The summed E-state index contributed by atoms with van der Waals surface area (Å²) in [6.07, 6.45) is 4.08. The highest BCUT2D eigenvalue weighted by Crippen LogP contribution is 2.57. The monoisotopic (exact) mass is 991 g/mol. The number of aliphatic hydroxyl groups excluding tert-OH is 1. The lowest BCUT2D eigenvalue weighted by atomic mass is 9.97. The Bertz CT molecular complexity index is 3430. The Kier molecular flexibility index (Phi) is 10.3. The molecule has 13 rings (SSSR count). The summed E-state index contributed by atoms with van der Waals surface area (Å²) >= 11 is 3.11. The molecule has 3 aliphatic heterocycles. The molecule has 3 fully saturated rings. The summed E-state index contributed by atoms with van der Waals surface area (Å²) in [6.45, 7) is 2.06. The molecule has 0 bridgehead atoms. The van der Waals surface area contributed by atoms with Gasteiger partial charge >= 0.3 is 0 Å². The van der Waals surface area contributed by atoms with E-state index < -0.39 is 11.6 Å². The number of amides is 2. The van der Waals surface area contributed by atoms with Crippen LogP contribution in [0.5, 0.6) is 23.0 Å². The molecule has 1 spiro atoms. The first-order chi connectivity index (χ1) is 34.6. The van der Waals surface area contributed by atoms with Crippen molar-refractivity contribution < 1.29 is 33.6 Å². The van der Waals surface area contributed by atoms with Crippen LogP contribution in [0.4, 0.5) is 0 Å². The number of thiophene rings is 2. The van der Waals surface area contributed by atoms with Gasteiger partial charge in [0.1, 0.15) is 36.2 Å². The van der Waals surface area contributed by atoms with Crippen molar-refractivity contribution in [3.8, 4) is 79.4 Å². The van der Waals surface area contributed by atoms with Crippen LogP contribution in [-0.4, -0.2) is 112 Å². The van der Waals surface area contributed by atoms with Crippen molar-refractivity contribution in [2.24, 2.45) is 14.1 Å². The average Bonchev–Trinajstić information content (AvgIpc) is 4.21. The van der Waals surface area contributed by atoms with Gasteiger partial charge < -0.3 is 39.6 Å². The number of nitrogens with zero attached hydrogens (tertiary/aromatic N) is 9. The number of nitrogens with one attached hydrogen (secondary N) is 2. The number of methoxy groups -OCH3 is 2. The fourth-order valence-electron chi connectivity index (χ4n) is 11.2. The maximum absolute atomic E-state index is 15.3. The van der Waals surface area contributed by atoms with E-state index in [4.69, 9.17) is 34.2 Å². The van der Waals surface area contributed by atoms with Crippen molar-refractivity contribution in [3.63, 3.8) is 0 Å². The molecule has 2 aromatic carbocycles. The summed E-state index contributed by atoms with van der Waals surface area (Å²) in [5.41, 5.74) is 10.3. The molecule has 20 heteroatoms. The Labute approximate surface area is 415 Å². The molecule has 362 valence electrons. The zero-order valence-corrected chi connectivity index (χ0v) is 41.0. The molecule has 6 aromatic heterocycles. The van der Waals surface area contributed by atoms with Crippen molar-refractivity contribution in [2.75, 3.05) is 33.9 Å². The molecule has 4 atom stereocenters. The zero-order valence-electron chi connectivity index (χ0n) is 39.3. The number of rotatable bonds is 10. The van der Waals surface area contributed by atoms with E-state index in [0.717, 1.165) is 68.4 Å². The molecular weight excluding hydrogens is 943 g/mol. The van der Waals surface area contributed by atoms with Gasteiger partial charge in [-0.25, -0.2) is 9.36 Å². The molecule has 9 heterocycles. The van der Waals surface area contributed by atoms with Gasteiger partial charge in [0.25, 0.3) is 11.8 Å². The average molecular weight is 992 g/mol. The zero-order chi connectivity index (χ0) is 48.3. The second-order valence-corrected chi connectivity index (χ2v) is 20.5. The van der Waals surface area contributed by atoms with Crippen molar-refractivity contribution in [1.82, 2.24) is 54.7 Å². The number of carbonyl (C=O) groups is 2. The quantitative estimate of drug-likeness (QED) is 0.131. The number of piperazine rings is 1. The van der Waals surface area contributed by atoms with E-state index in [9.17, 15) is 9.90 Å². The molecular formula is C51H49N11O7S2. The summed E-state index contributed by atoms with van der Waals surface area (Å²) in [5, 5.41) is 44.7. The van der Waals surface area contributed by atoms with Gasteiger partial charge in [-0.05, 0) is 72.8 Å². The molecule has 71 heavy (non-hydrogen) atoms. The standard InChI is InChI=1S/C51H49N11O7S2/c1-58-11-7-38(54-58)31-16-33-43(19-41(31)66-3)69-23-36-46(57-62(48(33)36)29-9-14-71-25-29)50(65)60-12-10-52-26-51(60)21-37(51)40-18-39(55-59(40)2)32-17-34-44(20-42(32)67-4)68-22-35-45(49(64)53-27-5-6-30(63)15-27)56-61(47(34)35)28-8-13-70-24-28/h7-9,11,13-14,16-20,24-25,27,30,37,52,63H,5-6,10,12,15,21-23,26H2,1-4H3,(H,53,64)/t27-,30+,37?,51?/m0/s1. The first-order valence-electron chi connectivity index (χ1n) is 23.7. The lowest BCUT2D eigenvalue weighted by Crippen LogP contribution is -2.56. The number of fused-ring (bicyclic) bond motifs is 6. The Balaban J connectivity index is 0.849. The summed E-state index contributed by atoms with van der Waals surface area (Å²) < 4.78 is 32.1. The topological polar surface area (TPSA) is 190 Å². The third-order valence-corrected chi connectivity index (χ3v) is 16.1. The molecule has 0 radical (unpaired) electrons. The fourth-order valence-corrected chi connectivity index (χ4v) is 12.5. The summed E-state index contributed by atoms with van der Waals surface area (Å²) in [5.74, 6) is 1.99. The van der Waals surface area contributed by atoms with E-state index >= 15 is 4.79 Å². The first kappa shape index (κ1) is 43.7. The minimum Gasteiger partial charge on any atom is -0.496 e. The smallest absolute Gasteiger partial charge is 0.275 e. The normalized spacial score (nSPS) is 20.7. The van der Waals surface area contributed by atoms with Crippen LogP contribution < -0.4 is 29.6 Å². The van der Waals surface area contributed by atoms with Gasteiger partial charge in [-0.2, -0.15) is 43.1 Å². The summed E-state index contributed by atoms with van der Waals surface area (Å²) in [6, 6.07) is 15.7. The van der Waals surface area contributed by atoms with E-state index in [0.29, 0.717) is 84.5 Å². The number of benzene rings is 2. The number of aliphatic hydroxyl groups is 1. The number of hydrogen-bond donors (Lipinski definition) is 3. The largest absolute Gasteiger partial charge is 0.496 e. The Morgan fingerprint density at radius 1 is 0.803 bits per heavy atom. The van der Waals surface area contributed by atoms with E-state index in [-0.39, 0.29) is 37.0 Å². The van der Waals surface area contributed by atoms with Crippen LogP contribution in [0.3, 0.4) is 0 Å². The van der Waals surface area contributed by atoms with Crippen LogP contribution in [0.1, 0.15) is 69.4 Å². The molecule has 8 aromatic rings. The fraction of sp³-hybridized carbons (Fsp3) is 0.333. The van der Waals surface area contributed by atoms with E-state index in [1.165, 1.54) is 0 Å². The lowest BCUT2D eigenvalue weighted by Gasteiger charge is -2.37. The van der Waals surface area contributed by atoms with Crippen LogP contribution in [0, 0.1) is 0 Å². The Hall–Kier alpha value is -7.26. The molecule has 2 saturated carbocycles. The lowest BCUT2D eigenvalue weighted by molar-refractivity contribution is 0.0579. The van der Waals surface area contributed by atoms with E-state index in [1.54, 1.807) is 41.6 Å². The minimum absolute atomic E-state index is 0.0358. The van der Waals surface area contributed by atoms with Crippen LogP contribution in [0.2, 0.25) is 0 Å². The van der Waals surface area contributed by atoms with Crippen LogP contribution in [0.15, 0.2) is 76.2 Å². The van der Waals surface area contributed by atoms with Gasteiger partial charge in [0, 0.05) is 114 Å². The van der Waals surface area contributed by atoms with Crippen LogP contribution in [-0.2, 0) is 27.3 Å². The molecule has 2 amide bonds. The van der Waals surface area contributed by atoms with E-state index in [1.807, 2.05) is 103 Å². The predicted molar refractivity (Wildman–Crippen MR) is 265 cm³/mol. The van der Waals surface area contributed by atoms with Gasteiger partial charge in [0.2, 0.25) is 0 Å². The molecule has 2 aliphatic carbocycles. The number of hydrogen-bond acceptors (Lipinski definition) is 14. The summed E-state index contributed by atoms with van der Waals surface area (Å²) in [4.78, 5) is 31.2. The van der Waals surface area contributed by atoms with Gasteiger partial charge in [0.15, 0.2) is 11.4 Å². The third-order valence-electron chi connectivity index (χ3n) is 14.8. The number of aryl methyl sites for hydroxylation is 2. The Morgan fingerprint density at radius 2 is 1.45 bits per heavy atom. The molecule has 2 unspecified atom stereocenters. The van der Waals surface area contributed by atoms with Gasteiger partial charge in [0.05, 0.1) is 60.0 Å².